The summed E-state index contributed by atoms with van der Waals surface area (Å²) in [6, 6.07) is 22.0. The largest absolute Gasteiger partial charge is 0.352 e. The number of benzene rings is 3. The van der Waals surface area contributed by atoms with Gasteiger partial charge in [0.2, 0.25) is 21.8 Å². The van der Waals surface area contributed by atoms with Crippen LogP contribution in [0, 0.1) is 0 Å². The predicted octanol–water partition coefficient (Wildman–Crippen LogP) is 5.03. The van der Waals surface area contributed by atoms with Crippen molar-refractivity contribution in [1.82, 2.24) is 10.2 Å². The Kier molecular flexibility index (Phi) is 10.4. The van der Waals surface area contributed by atoms with Crippen LogP contribution in [0.4, 0.5) is 5.69 Å². The molecule has 202 valence electrons. The van der Waals surface area contributed by atoms with Crippen LogP contribution in [0.5, 0.6) is 0 Å². The Morgan fingerprint density at radius 2 is 1.53 bits per heavy atom. The van der Waals surface area contributed by atoms with Gasteiger partial charge < -0.3 is 10.2 Å². The van der Waals surface area contributed by atoms with Crippen LogP contribution in [0.1, 0.15) is 25.0 Å². The van der Waals surface area contributed by atoms with Crippen LogP contribution in [-0.2, 0) is 32.6 Å². The van der Waals surface area contributed by atoms with E-state index in [0.29, 0.717) is 10.7 Å². The van der Waals surface area contributed by atoms with Gasteiger partial charge in [-0.2, -0.15) is 0 Å². The van der Waals surface area contributed by atoms with Crippen LogP contribution in [0.15, 0.2) is 83.3 Å². The lowest BCUT2D eigenvalue weighted by molar-refractivity contribution is -0.140. The summed E-state index contributed by atoms with van der Waals surface area (Å²) in [5, 5.41) is 3.47. The number of halogens is 2. The molecule has 38 heavy (non-hydrogen) atoms. The fourth-order valence-electron chi connectivity index (χ4n) is 3.94. The van der Waals surface area contributed by atoms with Gasteiger partial charge in [0.25, 0.3) is 0 Å². The zero-order valence-corrected chi connectivity index (χ0v) is 24.6. The molecule has 0 aliphatic carbocycles. The molecule has 0 spiro atoms. The van der Waals surface area contributed by atoms with Crippen molar-refractivity contribution in [2.75, 3.05) is 17.1 Å². The number of amides is 2. The maximum atomic E-state index is 13.9. The summed E-state index contributed by atoms with van der Waals surface area (Å²) in [5.74, 6) is -0.825. The van der Waals surface area contributed by atoms with Crippen molar-refractivity contribution in [2.45, 2.75) is 38.9 Å². The standard InChI is InChI=1S/C28H31BrClN3O4S/c1-20(2)31-28(35)26(17-21-7-5-4-6-8-21)32(18-22-9-13-24(30)14-10-22)27(34)19-33(38(3,36)37)25-15-11-23(29)12-16-25/h4-16,20,26H,17-19H2,1-3H3,(H,31,35)/t26-/m0/s1. The summed E-state index contributed by atoms with van der Waals surface area (Å²) in [4.78, 5) is 28.9. The fraction of sp³-hybridized carbons (Fsp3) is 0.286. The van der Waals surface area contributed by atoms with Crippen molar-refractivity contribution in [3.63, 3.8) is 0 Å². The zero-order valence-electron chi connectivity index (χ0n) is 21.5. The molecule has 0 saturated carbocycles. The molecule has 0 fully saturated rings. The van der Waals surface area contributed by atoms with Gasteiger partial charge in [0.15, 0.2) is 0 Å². The van der Waals surface area contributed by atoms with Gasteiger partial charge in [0, 0.05) is 28.5 Å². The summed E-state index contributed by atoms with van der Waals surface area (Å²) in [6.07, 6.45) is 1.31. The average molecular weight is 621 g/mol. The summed E-state index contributed by atoms with van der Waals surface area (Å²) in [7, 11) is -3.81. The SMILES string of the molecule is CC(C)NC(=O)[C@H](Cc1ccccc1)N(Cc1ccc(Cl)cc1)C(=O)CN(c1ccc(Br)cc1)S(C)(=O)=O. The number of hydrogen-bond acceptors (Lipinski definition) is 4. The second-order valence-electron chi connectivity index (χ2n) is 9.26. The van der Waals surface area contributed by atoms with E-state index in [1.807, 2.05) is 44.2 Å². The number of carbonyl (C=O) groups excluding carboxylic acids is 2. The molecule has 0 aromatic heterocycles. The first-order valence-electron chi connectivity index (χ1n) is 12.1. The van der Waals surface area contributed by atoms with E-state index in [1.54, 1.807) is 48.5 Å². The quantitative estimate of drug-likeness (QED) is 0.326. The molecular weight excluding hydrogens is 590 g/mol. The fourth-order valence-corrected chi connectivity index (χ4v) is 5.18. The molecule has 0 aliphatic heterocycles. The van der Waals surface area contributed by atoms with Crippen LogP contribution in [0.3, 0.4) is 0 Å². The molecule has 3 rings (SSSR count). The summed E-state index contributed by atoms with van der Waals surface area (Å²) in [5.41, 5.74) is 1.98. The second kappa shape index (κ2) is 13.3. The smallest absolute Gasteiger partial charge is 0.244 e. The first-order chi connectivity index (χ1) is 17.9. The number of nitrogens with one attached hydrogen (secondary N) is 1. The van der Waals surface area contributed by atoms with E-state index < -0.39 is 28.5 Å². The number of rotatable bonds is 11. The average Bonchev–Trinajstić information content (AvgIpc) is 2.86. The normalized spacial score (nSPS) is 12.2. The van der Waals surface area contributed by atoms with Gasteiger partial charge in [-0.3, -0.25) is 13.9 Å². The molecule has 3 aromatic rings. The van der Waals surface area contributed by atoms with Crippen LogP contribution in [0.2, 0.25) is 5.02 Å². The summed E-state index contributed by atoms with van der Waals surface area (Å²) < 4.78 is 27.3. The third-order valence-electron chi connectivity index (χ3n) is 5.76. The lowest BCUT2D eigenvalue weighted by Gasteiger charge is -2.34. The maximum absolute atomic E-state index is 13.9. The molecule has 0 unspecified atom stereocenters. The van der Waals surface area contributed by atoms with Crippen molar-refractivity contribution < 1.29 is 18.0 Å². The molecule has 3 aromatic carbocycles. The van der Waals surface area contributed by atoms with Crippen molar-refractivity contribution in [3.8, 4) is 0 Å². The van der Waals surface area contributed by atoms with Crippen LogP contribution in [-0.4, -0.2) is 50.0 Å². The van der Waals surface area contributed by atoms with Gasteiger partial charge >= 0.3 is 0 Å². The van der Waals surface area contributed by atoms with Gasteiger partial charge in [-0.15, -0.1) is 0 Å². The van der Waals surface area contributed by atoms with E-state index >= 15 is 0 Å². The zero-order chi connectivity index (χ0) is 27.9. The molecule has 0 aliphatic rings. The second-order valence-corrected chi connectivity index (χ2v) is 12.5. The van der Waals surface area contributed by atoms with E-state index in [0.717, 1.165) is 26.2 Å². The Hall–Kier alpha value is -2.88. The highest BCUT2D eigenvalue weighted by Crippen LogP contribution is 2.23. The minimum absolute atomic E-state index is 0.0942. The highest BCUT2D eigenvalue weighted by atomic mass is 79.9. The minimum atomic E-state index is -3.81. The van der Waals surface area contributed by atoms with E-state index in [9.17, 15) is 18.0 Å². The first kappa shape index (κ1) is 29.7. The maximum Gasteiger partial charge on any atom is 0.244 e. The molecule has 0 radical (unpaired) electrons. The van der Waals surface area contributed by atoms with Crippen molar-refractivity contribution >= 4 is 55.1 Å². The van der Waals surface area contributed by atoms with E-state index in [1.165, 1.54) is 4.90 Å². The van der Waals surface area contributed by atoms with Crippen LogP contribution in [0.25, 0.3) is 0 Å². The van der Waals surface area contributed by atoms with Gasteiger partial charge in [-0.1, -0.05) is 70.0 Å². The Morgan fingerprint density at radius 3 is 2.08 bits per heavy atom. The lowest BCUT2D eigenvalue weighted by Crippen LogP contribution is -2.54. The van der Waals surface area contributed by atoms with Gasteiger partial charge in [-0.05, 0) is 61.4 Å². The predicted molar refractivity (Wildman–Crippen MR) is 156 cm³/mol. The number of hydrogen-bond donors (Lipinski definition) is 1. The molecule has 0 bridgehead atoms. The number of nitrogens with zero attached hydrogens (tertiary/aromatic N) is 2. The third kappa shape index (κ3) is 8.58. The molecule has 1 N–H and O–H groups in total. The lowest BCUT2D eigenvalue weighted by atomic mass is 10.0. The van der Waals surface area contributed by atoms with Gasteiger partial charge in [-0.25, -0.2) is 8.42 Å². The van der Waals surface area contributed by atoms with Crippen molar-refractivity contribution in [1.29, 1.82) is 0 Å². The van der Waals surface area contributed by atoms with E-state index in [2.05, 4.69) is 21.2 Å². The van der Waals surface area contributed by atoms with Gasteiger partial charge in [0.05, 0.1) is 11.9 Å². The Morgan fingerprint density at radius 1 is 0.921 bits per heavy atom. The van der Waals surface area contributed by atoms with Crippen LogP contribution < -0.4 is 9.62 Å². The molecule has 0 saturated heterocycles. The number of sulfonamides is 1. The van der Waals surface area contributed by atoms with Crippen molar-refractivity contribution in [2.24, 2.45) is 0 Å². The minimum Gasteiger partial charge on any atom is -0.352 e. The topological polar surface area (TPSA) is 86.8 Å². The van der Waals surface area contributed by atoms with E-state index in [4.69, 9.17) is 11.6 Å². The van der Waals surface area contributed by atoms with E-state index in [-0.39, 0.29) is 24.9 Å². The Labute approximate surface area is 238 Å². The van der Waals surface area contributed by atoms with Crippen molar-refractivity contribution in [3.05, 3.63) is 99.5 Å². The van der Waals surface area contributed by atoms with Gasteiger partial charge in [0.1, 0.15) is 12.6 Å². The molecule has 1 atom stereocenters. The Bertz CT molecular complexity index is 1330. The molecule has 2 amide bonds. The summed E-state index contributed by atoms with van der Waals surface area (Å²) >= 11 is 9.42. The Balaban J connectivity index is 2.04. The third-order valence-corrected chi connectivity index (χ3v) is 7.68. The number of carbonyl (C=O) groups is 2. The highest BCUT2D eigenvalue weighted by Gasteiger charge is 2.33. The monoisotopic (exact) mass is 619 g/mol. The highest BCUT2D eigenvalue weighted by molar-refractivity contribution is 9.10. The summed E-state index contributed by atoms with van der Waals surface area (Å²) in [6.45, 7) is 3.33. The first-order valence-corrected chi connectivity index (χ1v) is 15.1. The molecular formula is C28H31BrClN3O4S. The molecule has 7 nitrogen and oxygen atoms in total. The van der Waals surface area contributed by atoms with Crippen LogP contribution >= 0.6 is 27.5 Å². The number of anilines is 1. The molecule has 10 heteroatoms. The molecule has 0 heterocycles.